The van der Waals surface area contributed by atoms with E-state index in [1.807, 2.05) is 43.3 Å². The molecule has 0 aliphatic rings. The summed E-state index contributed by atoms with van der Waals surface area (Å²) in [6.45, 7) is 5.40. The Morgan fingerprint density at radius 2 is 1.62 bits per heavy atom. The van der Waals surface area contributed by atoms with E-state index in [2.05, 4.69) is 10.6 Å². The fraction of sp³-hybridized carbons (Fsp3) is 0.333. The fourth-order valence-electron chi connectivity index (χ4n) is 2.57. The number of hydrogen-bond acceptors (Lipinski definition) is 3. The monoisotopic (exact) mass is 354 g/mol. The molecule has 0 aromatic heterocycles. The number of aryl methyl sites for hydroxylation is 1. The van der Waals surface area contributed by atoms with Gasteiger partial charge in [0, 0.05) is 5.69 Å². The first kappa shape index (κ1) is 19.7. The molecular formula is C21H26N2O3. The molecule has 0 bridgehead atoms. The zero-order valence-corrected chi connectivity index (χ0v) is 15.5. The lowest BCUT2D eigenvalue weighted by molar-refractivity contribution is -0.122. The fourth-order valence-corrected chi connectivity index (χ4v) is 2.57. The minimum atomic E-state index is -0.638. The molecule has 2 rings (SSSR count). The second kappa shape index (κ2) is 8.63. The third kappa shape index (κ3) is 6.33. The summed E-state index contributed by atoms with van der Waals surface area (Å²) in [5, 5.41) is 14.8. The second-order valence-electron chi connectivity index (χ2n) is 7.18. The van der Waals surface area contributed by atoms with Gasteiger partial charge in [-0.3, -0.25) is 9.59 Å². The van der Waals surface area contributed by atoms with Gasteiger partial charge in [0.1, 0.15) is 0 Å². The van der Waals surface area contributed by atoms with Crippen molar-refractivity contribution in [1.82, 2.24) is 5.32 Å². The van der Waals surface area contributed by atoms with Crippen molar-refractivity contribution in [3.63, 3.8) is 0 Å². The van der Waals surface area contributed by atoms with Crippen molar-refractivity contribution < 1.29 is 14.7 Å². The van der Waals surface area contributed by atoms with Crippen molar-refractivity contribution in [1.29, 1.82) is 0 Å². The Hall–Kier alpha value is -2.66. The molecule has 138 valence electrons. The number of benzene rings is 2. The lowest BCUT2D eigenvalue weighted by atomic mass is 10.1. The topological polar surface area (TPSA) is 78.4 Å². The van der Waals surface area contributed by atoms with E-state index in [0.29, 0.717) is 12.1 Å². The predicted octanol–water partition coefficient (Wildman–Crippen LogP) is 2.61. The van der Waals surface area contributed by atoms with Crippen molar-refractivity contribution >= 4 is 17.5 Å². The molecule has 0 saturated heterocycles. The van der Waals surface area contributed by atoms with Crippen LogP contribution < -0.4 is 10.6 Å². The number of carbonyl (C=O) groups excluding carboxylic acids is 2. The third-order valence-corrected chi connectivity index (χ3v) is 3.92. The van der Waals surface area contributed by atoms with Crippen molar-refractivity contribution in [2.75, 3.05) is 11.9 Å². The predicted molar refractivity (Wildman–Crippen MR) is 103 cm³/mol. The Kier molecular flexibility index (Phi) is 6.52. The Morgan fingerprint density at radius 1 is 0.962 bits per heavy atom. The number of rotatable bonds is 7. The normalized spacial score (nSPS) is 11.1. The maximum Gasteiger partial charge on any atom is 0.228 e. The Balaban J connectivity index is 1.88. The molecule has 5 heteroatoms. The van der Waals surface area contributed by atoms with Crippen LogP contribution in [0.1, 0.15) is 30.5 Å². The molecule has 26 heavy (non-hydrogen) atoms. The summed E-state index contributed by atoms with van der Waals surface area (Å²) in [5.41, 5.74) is 3.00. The van der Waals surface area contributed by atoms with Crippen LogP contribution in [0.15, 0.2) is 48.5 Å². The molecule has 2 aromatic rings. The molecule has 2 amide bonds. The van der Waals surface area contributed by atoms with Crippen LogP contribution in [0.25, 0.3) is 0 Å². The molecule has 0 heterocycles. The number of aliphatic hydroxyl groups excluding tert-OH is 1. The van der Waals surface area contributed by atoms with Crippen LogP contribution in [0.4, 0.5) is 5.69 Å². The summed E-state index contributed by atoms with van der Waals surface area (Å²) in [6.07, 6.45) is 0.545. The summed E-state index contributed by atoms with van der Waals surface area (Å²) in [7, 11) is 0. The molecular weight excluding hydrogens is 328 g/mol. The molecule has 5 nitrogen and oxygen atoms in total. The van der Waals surface area contributed by atoms with E-state index < -0.39 is 5.54 Å². The van der Waals surface area contributed by atoms with Crippen LogP contribution in [0, 0.1) is 6.92 Å². The molecule has 0 unspecified atom stereocenters. The first-order valence-electron chi connectivity index (χ1n) is 8.63. The number of carbonyl (C=O) groups is 2. The standard InChI is InChI=1S/C21H26N2O3/c1-15-5-4-6-17(11-15)13-19(25)22-18-9-7-16(8-10-18)12-20(26)23-21(2,3)14-24/h4-11,24H,12-14H2,1-3H3,(H,22,25)(H,23,26). The average molecular weight is 354 g/mol. The van der Waals surface area contributed by atoms with Gasteiger partial charge in [0.05, 0.1) is 25.0 Å². The van der Waals surface area contributed by atoms with Crippen LogP contribution in [-0.4, -0.2) is 29.1 Å². The van der Waals surface area contributed by atoms with Gasteiger partial charge >= 0.3 is 0 Å². The number of amides is 2. The van der Waals surface area contributed by atoms with Gasteiger partial charge in [-0.05, 0) is 44.0 Å². The van der Waals surface area contributed by atoms with E-state index in [9.17, 15) is 14.7 Å². The first-order chi connectivity index (χ1) is 12.3. The van der Waals surface area contributed by atoms with Crippen molar-refractivity contribution in [2.24, 2.45) is 0 Å². The SMILES string of the molecule is Cc1cccc(CC(=O)Nc2ccc(CC(=O)NC(C)(C)CO)cc2)c1. The zero-order chi connectivity index (χ0) is 19.2. The molecule has 3 N–H and O–H groups in total. The Morgan fingerprint density at radius 3 is 2.23 bits per heavy atom. The highest BCUT2D eigenvalue weighted by Gasteiger charge is 2.18. The van der Waals surface area contributed by atoms with Crippen molar-refractivity contribution in [3.8, 4) is 0 Å². The van der Waals surface area contributed by atoms with Crippen LogP contribution in [0.3, 0.4) is 0 Å². The highest BCUT2D eigenvalue weighted by molar-refractivity contribution is 5.92. The minimum Gasteiger partial charge on any atom is -0.394 e. The van der Waals surface area contributed by atoms with E-state index in [1.165, 1.54) is 0 Å². The Bertz CT molecular complexity index is 767. The molecule has 0 fully saturated rings. The molecule has 0 saturated carbocycles. The van der Waals surface area contributed by atoms with Gasteiger partial charge in [0.2, 0.25) is 11.8 Å². The maximum absolute atomic E-state index is 12.1. The zero-order valence-electron chi connectivity index (χ0n) is 15.5. The summed E-state index contributed by atoms with van der Waals surface area (Å²) < 4.78 is 0. The summed E-state index contributed by atoms with van der Waals surface area (Å²) in [4.78, 5) is 24.1. The van der Waals surface area contributed by atoms with Gasteiger partial charge in [-0.1, -0.05) is 42.0 Å². The van der Waals surface area contributed by atoms with Gasteiger partial charge in [0.25, 0.3) is 0 Å². The number of aliphatic hydroxyl groups is 1. The highest BCUT2D eigenvalue weighted by Crippen LogP contribution is 2.12. The van der Waals surface area contributed by atoms with E-state index in [-0.39, 0.29) is 24.8 Å². The molecule has 0 radical (unpaired) electrons. The molecule has 0 aliphatic carbocycles. The van der Waals surface area contributed by atoms with Gasteiger partial charge in [-0.25, -0.2) is 0 Å². The highest BCUT2D eigenvalue weighted by atomic mass is 16.3. The van der Waals surface area contributed by atoms with Gasteiger partial charge in [-0.2, -0.15) is 0 Å². The molecule has 0 spiro atoms. The lowest BCUT2D eigenvalue weighted by Gasteiger charge is -2.23. The van der Waals surface area contributed by atoms with E-state index in [0.717, 1.165) is 16.7 Å². The van der Waals surface area contributed by atoms with Crippen LogP contribution in [0.5, 0.6) is 0 Å². The largest absolute Gasteiger partial charge is 0.394 e. The maximum atomic E-state index is 12.1. The van der Waals surface area contributed by atoms with E-state index >= 15 is 0 Å². The first-order valence-corrected chi connectivity index (χ1v) is 8.63. The molecule has 0 aliphatic heterocycles. The van der Waals surface area contributed by atoms with E-state index in [1.54, 1.807) is 26.0 Å². The van der Waals surface area contributed by atoms with Crippen LogP contribution in [0.2, 0.25) is 0 Å². The number of anilines is 1. The summed E-state index contributed by atoms with van der Waals surface area (Å²) >= 11 is 0. The van der Waals surface area contributed by atoms with Gasteiger partial charge in [0.15, 0.2) is 0 Å². The lowest BCUT2D eigenvalue weighted by Crippen LogP contribution is -2.46. The van der Waals surface area contributed by atoms with Crippen molar-refractivity contribution in [3.05, 3.63) is 65.2 Å². The average Bonchev–Trinajstić information content (AvgIpc) is 2.56. The van der Waals surface area contributed by atoms with E-state index in [4.69, 9.17) is 0 Å². The summed E-state index contributed by atoms with van der Waals surface area (Å²) in [5.74, 6) is -0.230. The van der Waals surface area contributed by atoms with Crippen LogP contribution >= 0.6 is 0 Å². The van der Waals surface area contributed by atoms with Crippen molar-refractivity contribution in [2.45, 2.75) is 39.2 Å². The Labute approximate surface area is 154 Å². The smallest absolute Gasteiger partial charge is 0.228 e. The van der Waals surface area contributed by atoms with Gasteiger partial charge < -0.3 is 15.7 Å². The number of hydrogen-bond donors (Lipinski definition) is 3. The van der Waals surface area contributed by atoms with Crippen LogP contribution in [-0.2, 0) is 22.4 Å². The number of nitrogens with one attached hydrogen (secondary N) is 2. The summed E-state index contributed by atoms with van der Waals surface area (Å²) in [6, 6.07) is 15.1. The second-order valence-corrected chi connectivity index (χ2v) is 7.18. The molecule has 2 aromatic carbocycles. The molecule has 0 atom stereocenters. The third-order valence-electron chi connectivity index (χ3n) is 3.92. The quantitative estimate of drug-likeness (QED) is 0.715. The minimum absolute atomic E-state index is 0.0780. The van der Waals surface area contributed by atoms with Gasteiger partial charge in [-0.15, -0.1) is 0 Å².